The van der Waals surface area contributed by atoms with Gasteiger partial charge in [-0.2, -0.15) is 0 Å². The lowest BCUT2D eigenvalue weighted by Crippen LogP contribution is -2.33. The van der Waals surface area contributed by atoms with Gasteiger partial charge in [0.25, 0.3) is 0 Å². The molecule has 0 aliphatic carbocycles. The molecule has 3 heteroatoms. The number of rotatable bonds is 7. The summed E-state index contributed by atoms with van der Waals surface area (Å²) in [4.78, 5) is 12.0. The van der Waals surface area contributed by atoms with Crippen LogP contribution in [0.5, 0.6) is 0 Å². The molecule has 1 atom stereocenters. The van der Waals surface area contributed by atoms with E-state index in [2.05, 4.69) is 24.4 Å². The molecule has 1 N–H and O–H groups in total. The molecule has 2 rings (SSSR count). The zero-order valence-electron chi connectivity index (χ0n) is 12.9. The molecule has 1 amide bonds. The largest absolute Gasteiger partial charge is 0.354 e. The molecular formula is C19H22ClNO. The Morgan fingerprint density at radius 2 is 1.64 bits per heavy atom. The second kappa shape index (κ2) is 8.60. The summed E-state index contributed by atoms with van der Waals surface area (Å²) < 4.78 is 0. The first-order chi connectivity index (χ1) is 10.6. The lowest BCUT2D eigenvalue weighted by Gasteiger charge is -2.14. The van der Waals surface area contributed by atoms with Gasteiger partial charge >= 0.3 is 0 Å². The van der Waals surface area contributed by atoms with Gasteiger partial charge in [0.2, 0.25) is 5.91 Å². The van der Waals surface area contributed by atoms with Crippen molar-refractivity contribution in [2.75, 3.05) is 0 Å². The molecule has 0 aliphatic heterocycles. The van der Waals surface area contributed by atoms with Gasteiger partial charge in [-0.1, -0.05) is 54.1 Å². The van der Waals surface area contributed by atoms with Crippen molar-refractivity contribution < 1.29 is 4.79 Å². The number of carbonyl (C=O) groups excluding carboxylic acids is 1. The van der Waals surface area contributed by atoms with E-state index in [4.69, 9.17) is 11.6 Å². The molecule has 2 aromatic carbocycles. The van der Waals surface area contributed by atoms with Gasteiger partial charge in [-0.15, -0.1) is 0 Å². The van der Waals surface area contributed by atoms with Gasteiger partial charge in [-0.3, -0.25) is 4.79 Å². The Balaban J connectivity index is 1.68. The summed E-state index contributed by atoms with van der Waals surface area (Å²) in [5.74, 6) is 0.107. The van der Waals surface area contributed by atoms with Crippen molar-refractivity contribution in [3.8, 4) is 0 Å². The minimum absolute atomic E-state index is 0.107. The first-order valence-electron chi connectivity index (χ1n) is 7.71. The molecule has 0 saturated carbocycles. The van der Waals surface area contributed by atoms with Gasteiger partial charge in [-0.05, 0) is 49.4 Å². The summed E-state index contributed by atoms with van der Waals surface area (Å²) in [6, 6.07) is 18.2. The number of halogens is 1. The number of benzene rings is 2. The molecule has 0 fully saturated rings. The van der Waals surface area contributed by atoms with E-state index in [1.165, 1.54) is 5.56 Å². The highest BCUT2D eigenvalue weighted by Gasteiger charge is 2.08. The smallest absolute Gasteiger partial charge is 0.220 e. The summed E-state index contributed by atoms with van der Waals surface area (Å²) in [6.07, 6.45) is 3.20. The van der Waals surface area contributed by atoms with Crippen molar-refractivity contribution in [1.82, 2.24) is 5.32 Å². The van der Waals surface area contributed by atoms with Crippen molar-refractivity contribution in [3.63, 3.8) is 0 Å². The highest BCUT2D eigenvalue weighted by Crippen LogP contribution is 2.11. The Hall–Kier alpha value is -1.80. The Morgan fingerprint density at radius 3 is 2.32 bits per heavy atom. The molecule has 116 valence electrons. The van der Waals surface area contributed by atoms with E-state index >= 15 is 0 Å². The zero-order chi connectivity index (χ0) is 15.8. The number of hydrogen-bond donors (Lipinski definition) is 1. The van der Waals surface area contributed by atoms with Crippen LogP contribution in [-0.2, 0) is 17.6 Å². The fraction of sp³-hybridized carbons (Fsp3) is 0.316. The summed E-state index contributed by atoms with van der Waals surface area (Å²) in [6.45, 7) is 2.06. The van der Waals surface area contributed by atoms with Crippen LogP contribution in [0.4, 0.5) is 0 Å². The number of carbonyl (C=O) groups is 1. The van der Waals surface area contributed by atoms with Gasteiger partial charge in [0.05, 0.1) is 0 Å². The third kappa shape index (κ3) is 5.90. The standard InChI is InChI=1S/C19H22ClNO/c1-15(7-8-16-5-3-2-4-6-16)21-19(22)14-11-17-9-12-18(20)13-10-17/h2-6,9-10,12-13,15H,7-8,11,14H2,1H3,(H,21,22)/t15-/m1/s1. The quantitative estimate of drug-likeness (QED) is 0.805. The predicted molar refractivity (Wildman–Crippen MR) is 92.1 cm³/mol. The Labute approximate surface area is 137 Å². The molecule has 0 radical (unpaired) electrons. The van der Waals surface area contributed by atoms with E-state index in [0.29, 0.717) is 6.42 Å². The molecular weight excluding hydrogens is 294 g/mol. The van der Waals surface area contributed by atoms with Crippen LogP contribution in [0.2, 0.25) is 5.02 Å². The minimum atomic E-state index is 0.107. The molecule has 0 bridgehead atoms. The molecule has 0 heterocycles. The van der Waals surface area contributed by atoms with E-state index in [9.17, 15) is 4.79 Å². The second-order valence-corrected chi connectivity index (χ2v) is 6.06. The lowest BCUT2D eigenvalue weighted by molar-refractivity contribution is -0.121. The number of aryl methyl sites for hydroxylation is 2. The van der Waals surface area contributed by atoms with Crippen LogP contribution in [0.15, 0.2) is 54.6 Å². The molecule has 0 aliphatic rings. The van der Waals surface area contributed by atoms with Crippen molar-refractivity contribution >= 4 is 17.5 Å². The normalized spacial score (nSPS) is 11.9. The maximum absolute atomic E-state index is 12.0. The van der Waals surface area contributed by atoms with Gasteiger partial charge in [0, 0.05) is 17.5 Å². The first-order valence-corrected chi connectivity index (χ1v) is 8.09. The lowest BCUT2D eigenvalue weighted by atomic mass is 10.1. The highest BCUT2D eigenvalue weighted by molar-refractivity contribution is 6.30. The molecule has 2 aromatic rings. The molecule has 0 saturated heterocycles. The van der Waals surface area contributed by atoms with E-state index < -0.39 is 0 Å². The number of nitrogens with one attached hydrogen (secondary N) is 1. The van der Waals surface area contributed by atoms with Crippen LogP contribution in [-0.4, -0.2) is 11.9 Å². The van der Waals surface area contributed by atoms with E-state index in [1.807, 2.05) is 42.5 Å². The fourth-order valence-electron chi connectivity index (χ4n) is 2.36. The Kier molecular flexibility index (Phi) is 6.47. The summed E-state index contributed by atoms with van der Waals surface area (Å²) in [5, 5.41) is 3.79. The van der Waals surface area contributed by atoms with E-state index in [0.717, 1.165) is 29.8 Å². The van der Waals surface area contributed by atoms with Gasteiger partial charge in [0.15, 0.2) is 0 Å². The second-order valence-electron chi connectivity index (χ2n) is 5.62. The fourth-order valence-corrected chi connectivity index (χ4v) is 2.48. The van der Waals surface area contributed by atoms with Crippen molar-refractivity contribution in [3.05, 3.63) is 70.7 Å². The maximum Gasteiger partial charge on any atom is 0.220 e. The van der Waals surface area contributed by atoms with Crippen molar-refractivity contribution in [2.45, 2.75) is 38.6 Å². The van der Waals surface area contributed by atoms with E-state index in [-0.39, 0.29) is 11.9 Å². The minimum Gasteiger partial charge on any atom is -0.354 e. The van der Waals surface area contributed by atoms with Crippen molar-refractivity contribution in [2.24, 2.45) is 0 Å². The Morgan fingerprint density at radius 1 is 1.00 bits per heavy atom. The topological polar surface area (TPSA) is 29.1 Å². The average molecular weight is 316 g/mol. The molecule has 0 aromatic heterocycles. The van der Waals surface area contributed by atoms with Crippen LogP contribution >= 0.6 is 11.6 Å². The van der Waals surface area contributed by atoms with Crippen LogP contribution in [0.3, 0.4) is 0 Å². The third-order valence-electron chi connectivity index (χ3n) is 3.67. The summed E-state index contributed by atoms with van der Waals surface area (Å²) >= 11 is 5.85. The van der Waals surface area contributed by atoms with E-state index in [1.54, 1.807) is 0 Å². The highest BCUT2D eigenvalue weighted by atomic mass is 35.5. The number of hydrogen-bond acceptors (Lipinski definition) is 1. The van der Waals surface area contributed by atoms with Crippen LogP contribution < -0.4 is 5.32 Å². The molecule has 2 nitrogen and oxygen atoms in total. The SMILES string of the molecule is C[C@H](CCc1ccccc1)NC(=O)CCc1ccc(Cl)cc1. The van der Waals surface area contributed by atoms with Gasteiger partial charge < -0.3 is 5.32 Å². The maximum atomic E-state index is 12.0. The van der Waals surface area contributed by atoms with Gasteiger partial charge in [-0.25, -0.2) is 0 Å². The summed E-state index contributed by atoms with van der Waals surface area (Å²) in [7, 11) is 0. The Bertz CT molecular complexity index is 580. The summed E-state index contributed by atoms with van der Waals surface area (Å²) in [5.41, 5.74) is 2.45. The van der Waals surface area contributed by atoms with Crippen LogP contribution in [0.1, 0.15) is 30.9 Å². The van der Waals surface area contributed by atoms with Gasteiger partial charge in [0.1, 0.15) is 0 Å². The first kappa shape index (κ1) is 16.6. The predicted octanol–water partition coefficient (Wildman–Crippen LogP) is 4.41. The zero-order valence-corrected chi connectivity index (χ0v) is 13.6. The monoisotopic (exact) mass is 315 g/mol. The number of amides is 1. The average Bonchev–Trinajstić information content (AvgIpc) is 2.53. The van der Waals surface area contributed by atoms with Crippen LogP contribution in [0, 0.1) is 0 Å². The van der Waals surface area contributed by atoms with Crippen LogP contribution in [0.25, 0.3) is 0 Å². The molecule has 0 unspecified atom stereocenters. The molecule has 0 spiro atoms. The van der Waals surface area contributed by atoms with Crippen molar-refractivity contribution in [1.29, 1.82) is 0 Å². The molecule has 22 heavy (non-hydrogen) atoms. The third-order valence-corrected chi connectivity index (χ3v) is 3.92.